The molecule has 3 N–H and O–H groups in total. The summed E-state index contributed by atoms with van der Waals surface area (Å²) >= 11 is 3.50. The number of hydrogen-bond donors (Lipinski definition) is 3. The van der Waals surface area contributed by atoms with Crippen LogP contribution in [-0.4, -0.2) is 45.1 Å². The largest absolute Gasteiger partial charge is 0.493 e. The molecule has 0 atom stereocenters. The van der Waals surface area contributed by atoms with Crippen molar-refractivity contribution in [1.82, 2.24) is 10.6 Å². The highest BCUT2D eigenvalue weighted by Crippen LogP contribution is 2.36. The molecule has 0 heterocycles. The van der Waals surface area contributed by atoms with Crippen molar-refractivity contribution in [2.45, 2.75) is 6.54 Å². The first-order valence-corrected chi connectivity index (χ1v) is 7.64. The third-order valence-electron chi connectivity index (χ3n) is 2.73. The maximum atomic E-state index is 8.66. The van der Waals surface area contributed by atoms with Crippen LogP contribution in [0.3, 0.4) is 0 Å². The van der Waals surface area contributed by atoms with Crippen molar-refractivity contribution >= 4 is 40.7 Å². The van der Waals surface area contributed by atoms with E-state index in [4.69, 9.17) is 14.6 Å². The first kappa shape index (κ1) is 24.7. The summed E-state index contributed by atoms with van der Waals surface area (Å²) < 4.78 is 11.8. The van der Waals surface area contributed by atoms with E-state index in [-0.39, 0.29) is 31.4 Å². The van der Waals surface area contributed by atoms with E-state index < -0.39 is 0 Å². The van der Waals surface area contributed by atoms with Crippen molar-refractivity contribution in [3.63, 3.8) is 0 Å². The van der Waals surface area contributed by atoms with E-state index in [9.17, 15) is 0 Å². The second-order valence-corrected chi connectivity index (χ2v) is 5.21. The number of methoxy groups -OCH3 is 1. The lowest BCUT2D eigenvalue weighted by Gasteiger charge is -2.14. The van der Waals surface area contributed by atoms with Gasteiger partial charge in [-0.1, -0.05) is 12.7 Å². The van der Waals surface area contributed by atoms with Gasteiger partial charge in [-0.3, -0.25) is 0 Å². The quantitative estimate of drug-likeness (QED) is 0.371. The Morgan fingerprint density at radius 3 is 2.52 bits per heavy atom. The molecule has 5 nitrogen and oxygen atoms in total. The van der Waals surface area contributed by atoms with Gasteiger partial charge in [0, 0.05) is 26.2 Å². The Bertz CT molecular complexity index is 451. The number of halogens is 3. The van der Waals surface area contributed by atoms with Crippen LogP contribution >= 0.6 is 40.7 Å². The number of ether oxygens (including phenoxy) is 2. The monoisotopic (exact) mass is 430 g/mol. The average Bonchev–Trinajstić information content (AvgIpc) is 2.49. The highest BCUT2D eigenvalue weighted by atomic mass is 79.9. The normalized spacial score (nSPS) is 9.52. The number of hydrogen-bond acceptors (Lipinski definition) is 5. The molecular weight excluding hydrogens is 407 g/mol. The maximum Gasteiger partial charge on any atom is 0.175 e. The minimum absolute atomic E-state index is 0. The zero-order valence-electron chi connectivity index (χ0n) is 13.1. The van der Waals surface area contributed by atoms with Crippen LogP contribution in [-0.2, 0) is 6.54 Å². The summed E-state index contributed by atoms with van der Waals surface area (Å²) in [6, 6.07) is 3.96. The van der Waals surface area contributed by atoms with Gasteiger partial charge in [-0.15, -0.1) is 24.8 Å². The summed E-state index contributed by atoms with van der Waals surface area (Å²) in [5, 5.41) is 15.1. The molecule has 0 saturated heterocycles. The Hall–Kier alpha value is -0.500. The standard InChI is InChI=1S/C15H23BrN2O3.2ClH/c1-3-8-21-15-13(16)9-12(10-14(15)20-2)11-18-5-4-17-6-7-19;;/h3,9-10,17-19H,1,4-8,11H2,2H3;2*1H. The van der Waals surface area contributed by atoms with Crippen LogP contribution in [0.25, 0.3) is 0 Å². The fourth-order valence-electron chi connectivity index (χ4n) is 1.77. The SMILES string of the molecule is C=CCOc1c(Br)cc(CNCCNCCO)cc1OC.Cl.Cl. The molecule has 0 radical (unpaired) electrons. The van der Waals surface area contributed by atoms with Crippen molar-refractivity contribution in [3.05, 3.63) is 34.8 Å². The third-order valence-corrected chi connectivity index (χ3v) is 3.32. The topological polar surface area (TPSA) is 62.8 Å². The lowest BCUT2D eigenvalue weighted by molar-refractivity contribution is 0.292. The van der Waals surface area contributed by atoms with Gasteiger partial charge in [-0.2, -0.15) is 0 Å². The molecule has 0 fully saturated rings. The first-order chi connectivity index (χ1) is 10.2. The number of rotatable bonds is 11. The maximum absolute atomic E-state index is 8.66. The summed E-state index contributed by atoms with van der Waals surface area (Å²) in [5.74, 6) is 1.38. The second kappa shape index (κ2) is 15.1. The molecule has 0 spiro atoms. The molecule has 0 unspecified atom stereocenters. The molecule has 8 heteroatoms. The molecule has 0 aliphatic carbocycles. The van der Waals surface area contributed by atoms with Crippen LogP contribution in [0.1, 0.15) is 5.56 Å². The van der Waals surface area contributed by atoms with Gasteiger partial charge in [-0.25, -0.2) is 0 Å². The van der Waals surface area contributed by atoms with E-state index in [0.29, 0.717) is 24.7 Å². The Balaban J connectivity index is 0. The van der Waals surface area contributed by atoms with E-state index in [0.717, 1.165) is 29.7 Å². The zero-order valence-corrected chi connectivity index (χ0v) is 16.4. The predicted molar refractivity (Wildman–Crippen MR) is 103 cm³/mol. The Morgan fingerprint density at radius 2 is 1.91 bits per heavy atom. The van der Waals surface area contributed by atoms with Gasteiger partial charge in [-0.05, 0) is 33.6 Å². The third kappa shape index (κ3) is 9.39. The fourth-order valence-corrected chi connectivity index (χ4v) is 2.38. The molecule has 0 aliphatic heterocycles. The van der Waals surface area contributed by atoms with Crippen molar-refractivity contribution in [3.8, 4) is 11.5 Å². The van der Waals surface area contributed by atoms with Gasteiger partial charge >= 0.3 is 0 Å². The number of benzene rings is 1. The second-order valence-electron chi connectivity index (χ2n) is 4.36. The predicted octanol–water partition coefficient (Wildman–Crippen LogP) is 2.54. The van der Waals surface area contributed by atoms with Crippen LogP contribution in [0.4, 0.5) is 0 Å². The smallest absolute Gasteiger partial charge is 0.175 e. The molecule has 1 aromatic rings. The molecule has 0 aliphatic rings. The van der Waals surface area contributed by atoms with Crippen LogP contribution in [0.15, 0.2) is 29.3 Å². The van der Waals surface area contributed by atoms with E-state index in [1.54, 1.807) is 13.2 Å². The van der Waals surface area contributed by atoms with E-state index in [2.05, 4.69) is 33.1 Å². The number of aliphatic hydroxyl groups excluding tert-OH is 1. The molecule has 0 bridgehead atoms. The van der Waals surface area contributed by atoms with Crippen molar-refractivity contribution < 1.29 is 14.6 Å². The Kier molecular flexibility index (Phi) is 16.2. The van der Waals surface area contributed by atoms with Gasteiger partial charge in [0.2, 0.25) is 0 Å². The van der Waals surface area contributed by atoms with Crippen LogP contribution in [0.5, 0.6) is 11.5 Å². The summed E-state index contributed by atoms with van der Waals surface area (Å²) in [7, 11) is 1.62. The van der Waals surface area contributed by atoms with E-state index in [1.807, 2.05) is 12.1 Å². The van der Waals surface area contributed by atoms with Crippen LogP contribution < -0.4 is 20.1 Å². The minimum atomic E-state index is 0. The highest BCUT2D eigenvalue weighted by molar-refractivity contribution is 9.10. The van der Waals surface area contributed by atoms with E-state index in [1.165, 1.54) is 0 Å². The van der Waals surface area contributed by atoms with Crippen LogP contribution in [0, 0.1) is 0 Å². The number of nitrogens with one attached hydrogen (secondary N) is 2. The van der Waals surface area contributed by atoms with Crippen molar-refractivity contribution in [2.75, 3.05) is 40.0 Å². The lowest BCUT2D eigenvalue weighted by Crippen LogP contribution is -2.28. The molecular formula is C15H25BrCl2N2O3. The zero-order chi connectivity index (χ0) is 15.5. The van der Waals surface area contributed by atoms with Gasteiger partial charge in [0.1, 0.15) is 6.61 Å². The average molecular weight is 432 g/mol. The first-order valence-electron chi connectivity index (χ1n) is 6.85. The fraction of sp³-hybridized carbons (Fsp3) is 0.467. The van der Waals surface area contributed by atoms with Gasteiger partial charge in [0.05, 0.1) is 18.2 Å². The summed E-state index contributed by atoms with van der Waals surface area (Å²) in [4.78, 5) is 0. The molecule has 1 aromatic carbocycles. The van der Waals surface area contributed by atoms with Crippen molar-refractivity contribution in [1.29, 1.82) is 0 Å². The Labute approximate surface area is 158 Å². The number of aliphatic hydroxyl groups is 1. The van der Waals surface area contributed by atoms with Gasteiger partial charge < -0.3 is 25.2 Å². The van der Waals surface area contributed by atoms with Gasteiger partial charge in [0.15, 0.2) is 11.5 Å². The molecule has 0 aromatic heterocycles. The Morgan fingerprint density at radius 1 is 1.22 bits per heavy atom. The lowest BCUT2D eigenvalue weighted by atomic mass is 10.2. The summed E-state index contributed by atoms with van der Waals surface area (Å²) in [5.41, 5.74) is 1.10. The van der Waals surface area contributed by atoms with E-state index >= 15 is 0 Å². The highest BCUT2D eigenvalue weighted by Gasteiger charge is 2.11. The molecule has 1 rings (SSSR count). The minimum Gasteiger partial charge on any atom is -0.493 e. The molecule has 23 heavy (non-hydrogen) atoms. The summed E-state index contributed by atoms with van der Waals surface area (Å²) in [6.45, 7) is 7.24. The van der Waals surface area contributed by atoms with Crippen molar-refractivity contribution in [2.24, 2.45) is 0 Å². The van der Waals surface area contributed by atoms with Crippen LogP contribution in [0.2, 0.25) is 0 Å². The van der Waals surface area contributed by atoms with Gasteiger partial charge in [0.25, 0.3) is 0 Å². The molecule has 134 valence electrons. The molecule has 0 amide bonds. The summed E-state index contributed by atoms with van der Waals surface area (Å²) in [6.07, 6.45) is 1.70. The molecule has 0 saturated carbocycles.